The van der Waals surface area contributed by atoms with Crippen LogP contribution in [0.4, 0.5) is 0 Å². The summed E-state index contributed by atoms with van der Waals surface area (Å²) in [6, 6.07) is -0.332. The Bertz CT molecular complexity index is 485. The molecule has 0 aromatic heterocycles. The van der Waals surface area contributed by atoms with E-state index >= 15 is 0 Å². The fourth-order valence-corrected chi connectivity index (χ4v) is 4.29. The summed E-state index contributed by atoms with van der Waals surface area (Å²) in [5.74, 6) is -0.461. The van der Waals surface area contributed by atoms with Crippen LogP contribution in [0.15, 0.2) is 0 Å². The third-order valence-corrected chi connectivity index (χ3v) is 5.50. The van der Waals surface area contributed by atoms with Gasteiger partial charge in [0.1, 0.15) is 0 Å². The molecule has 8 heteroatoms. The summed E-state index contributed by atoms with van der Waals surface area (Å²) in [5.41, 5.74) is 0. The van der Waals surface area contributed by atoms with E-state index in [9.17, 15) is 18.0 Å². The molecule has 2 rings (SSSR count). The first-order valence-corrected chi connectivity index (χ1v) is 9.15. The highest BCUT2D eigenvalue weighted by Crippen LogP contribution is 2.15. The van der Waals surface area contributed by atoms with Crippen LogP contribution >= 0.6 is 0 Å². The number of carbonyl (C=O) groups is 2. The van der Waals surface area contributed by atoms with E-state index in [1.807, 2.05) is 0 Å². The van der Waals surface area contributed by atoms with Gasteiger partial charge >= 0.3 is 0 Å². The van der Waals surface area contributed by atoms with Crippen LogP contribution in [0.2, 0.25) is 0 Å². The van der Waals surface area contributed by atoms with E-state index in [0.29, 0.717) is 13.0 Å². The van der Waals surface area contributed by atoms with Crippen LogP contribution in [0.5, 0.6) is 0 Å². The monoisotopic (exact) mass is 318 g/mol. The first kappa shape index (κ1) is 16.2. The Balaban J connectivity index is 1.63. The Morgan fingerprint density at radius 3 is 2.57 bits per heavy atom. The third-order valence-electron chi connectivity index (χ3n) is 3.73. The molecule has 2 unspecified atom stereocenters. The Morgan fingerprint density at radius 2 is 1.95 bits per heavy atom. The van der Waals surface area contributed by atoms with Gasteiger partial charge in [-0.25, -0.2) is 8.42 Å². The average molecular weight is 318 g/mol. The quantitative estimate of drug-likeness (QED) is 0.702. The van der Waals surface area contributed by atoms with Gasteiger partial charge in [-0.05, 0) is 25.7 Å². The van der Waals surface area contributed by atoms with Crippen LogP contribution in [0.25, 0.3) is 0 Å². The standard InChI is InChI=1S/C13H22N2O5S/c16-12(7-11-3-1-2-5-20-11)14-8-13(17)15-10-4-6-21(18,19)9-10/h10-11H,1-9H2,(H,14,16)(H,15,17). The lowest BCUT2D eigenvalue weighted by atomic mass is 10.1. The number of hydrogen-bond acceptors (Lipinski definition) is 5. The predicted octanol–water partition coefficient (Wildman–Crippen LogP) is -0.635. The van der Waals surface area contributed by atoms with E-state index in [-0.39, 0.29) is 48.4 Å². The summed E-state index contributed by atoms with van der Waals surface area (Å²) in [5, 5.41) is 5.17. The summed E-state index contributed by atoms with van der Waals surface area (Å²) in [4.78, 5) is 23.3. The molecule has 2 aliphatic rings. The van der Waals surface area contributed by atoms with Gasteiger partial charge in [-0.15, -0.1) is 0 Å². The number of ether oxygens (including phenoxy) is 1. The number of nitrogens with one attached hydrogen (secondary N) is 2. The van der Waals surface area contributed by atoms with Crippen molar-refractivity contribution >= 4 is 21.7 Å². The highest BCUT2D eigenvalue weighted by molar-refractivity contribution is 7.91. The van der Waals surface area contributed by atoms with Crippen molar-refractivity contribution in [3.8, 4) is 0 Å². The van der Waals surface area contributed by atoms with E-state index in [1.54, 1.807) is 0 Å². The maximum absolute atomic E-state index is 11.7. The molecule has 2 heterocycles. The zero-order valence-electron chi connectivity index (χ0n) is 12.0. The van der Waals surface area contributed by atoms with Crippen LogP contribution in [0.1, 0.15) is 32.1 Å². The molecule has 0 radical (unpaired) electrons. The van der Waals surface area contributed by atoms with Crippen LogP contribution in [0, 0.1) is 0 Å². The van der Waals surface area contributed by atoms with Crippen molar-refractivity contribution < 1.29 is 22.7 Å². The van der Waals surface area contributed by atoms with Crippen molar-refractivity contribution in [1.82, 2.24) is 10.6 Å². The number of rotatable bonds is 5. The lowest BCUT2D eigenvalue weighted by Gasteiger charge is -2.21. The molecule has 2 atom stereocenters. The number of sulfone groups is 1. The molecule has 0 aromatic rings. The molecule has 2 saturated heterocycles. The number of amides is 2. The molecule has 7 nitrogen and oxygen atoms in total. The largest absolute Gasteiger partial charge is 0.378 e. The molecule has 0 saturated carbocycles. The molecule has 0 aromatic carbocycles. The van der Waals surface area contributed by atoms with Crippen molar-refractivity contribution in [3.63, 3.8) is 0 Å². The average Bonchev–Trinajstić information content (AvgIpc) is 2.77. The van der Waals surface area contributed by atoms with Crippen LogP contribution in [-0.4, -0.2) is 57.0 Å². The SMILES string of the molecule is O=C(CC1CCCCO1)NCC(=O)NC1CCS(=O)(=O)C1. The lowest BCUT2D eigenvalue weighted by Crippen LogP contribution is -2.43. The molecule has 0 aliphatic carbocycles. The Labute approximate surface area is 124 Å². The highest BCUT2D eigenvalue weighted by Gasteiger charge is 2.28. The zero-order valence-corrected chi connectivity index (χ0v) is 12.8. The topological polar surface area (TPSA) is 102 Å². The van der Waals surface area contributed by atoms with E-state index in [2.05, 4.69) is 10.6 Å². The molecule has 2 N–H and O–H groups in total. The Morgan fingerprint density at radius 1 is 1.14 bits per heavy atom. The van der Waals surface area contributed by atoms with Gasteiger partial charge in [0.2, 0.25) is 11.8 Å². The second-order valence-electron chi connectivity index (χ2n) is 5.64. The third kappa shape index (κ3) is 5.62. The second-order valence-corrected chi connectivity index (χ2v) is 7.87. The van der Waals surface area contributed by atoms with Crippen LogP contribution in [0.3, 0.4) is 0 Å². The Hall–Kier alpha value is -1.15. The molecule has 2 amide bonds. The smallest absolute Gasteiger partial charge is 0.239 e. The fraction of sp³-hybridized carbons (Fsp3) is 0.846. The maximum Gasteiger partial charge on any atom is 0.239 e. The van der Waals surface area contributed by atoms with Gasteiger partial charge < -0.3 is 15.4 Å². The van der Waals surface area contributed by atoms with E-state index < -0.39 is 9.84 Å². The number of carbonyl (C=O) groups excluding carboxylic acids is 2. The van der Waals surface area contributed by atoms with Gasteiger partial charge in [0.25, 0.3) is 0 Å². The molecular formula is C13H22N2O5S. The van der Waals surface area contributed by atoms with Crippen molar-refractivity contribution in [1.29, 1.82) is 0 Å². The van der Waals surface area contributed by atoms with Gasteiger partial charge in [0, 0.05) is 12.6 Å². The minimum absolute atomic E-state index is 0.0113. The first-order valence-electron chi connectivity index (χ1n) is 7.33. The molecule has 0 spiro atoms. The first-order chi connectivity index (χ1) is 9.94. The summed E-state index contributed by atoms with van der Waals surface area (Å²) >= 11 is 0. The summed E-state index contributed by atoms with van der Waals surface area (Å²) in [6.45, 7) is 0.566. The van der Waals surface area contributed by atoms with Gasteiger partial charge in [-0.2, -0.15) is 0 Å². The fourth-order valence-electron chi connectivity index (χ4n) is 2.61. The second kappa shape index (κ2) is 7.22. The van der Waals surface area contributed by atoms with Gasteiger partial charge in [-0.3, -0.25) is 9.59 Å². The normalized spacial score (nSPS) is 28.0. The molecule has 21 heavy (non-hydrogen) atoms. The molecule has 0 bridgehead atoms. The molecule has 120 valence electrons. The molecule has 2 fully saturated rings. The van der Waals surface area contributed by atoms with Gasteiger partial charge in [0.15, 0.2) is 9.84 Å². The van der Waals surface area contributed by atoms with Crippen LogP contribution < -0.4 is 10.6 Å². The van der Waals surface area contributed by atoms with Gasteiger partial charge in [-0.1, -0.05) is 0 Å². The predicted molar refractivity (Wildman–Crippen MR) is 76.4 cm³/mol. The van der Waals surface area contributed by atoms with Crippen molar-refractivity contribution in [2.75, 3.05) is 24.7 Å². The molecular weight excluding hydrogens is 296 g/mol. The summed E-state index contributed by atoms with van der Waals surface area (Å²) in [7, 11) is -3.01. The lowest BCUT2D eigenvalue weighted by molar-refractivity contribution is -0.128. The van der Waals surface area contributed by atoms with Crippen molar-refractivity contribution in [2.24, 2.45) is 0 Å². The van der Waals surface area contributed by atoms with Crippen LogP contribution in [-0.2, 0) is 24.2 Å². The Kier molecular flexibility index (Phi) is 5.58. The minimum Gasteiger partial charge on any atom is -0.378 e. The highest BCUT2D eigenvalue weighted by atomic mass is 32.2. The van der Waals surface area contributed by atoms with Crippen molar-refractivity contribution in [2.45, 2.75) is 44.2 Å². The van der Waals surface area contributed by atoms with E-state index in [1.165, 1.54) is 0 Å². The van der Waals surface area contributed by atoms with E-state index in [4.69, 9.17) is 4.74 Å². The van der Waals surface area contributed by atoms with Crippen molar-refractivity contribution in [3.05, 3.63) is 0 Å². The molecule has 2 aliphatic heterocycles. The zero-order chi connectivity index (χ0) is 15.3. The number of hydrogen-bond donors (Lipinski definition) is 2. The minimum atomic E-state index is -3.01. The maximum atomic E-state index is 11.7. The summed E-state index contributed by atoms with van der Waals surface area (Å²) in [6.07, 6.45) is 3.63. The summed E-state index contributed by atoms with van der Waals surface area (Å²) < 4.78 is 28.0. The van der Waals surface area contributed by atoms with E-state index in [0.717, 1.165) is 19.3 Å². The van der Waals surface area contributed by atoms with Gasteiger partial charge in [0.05, 0.1) is 30.6 Å².